The summed E-state index contributed by atoms with van der Waals surface area (Å²) in [5, 5.41) is 7.35. The topological polar surface area (TPSA) is 17.0 Å². The quantitative estimate of drug-likeness (QED) is 0.184. The third kappa shape index (κ3) is 2.68. The highest BCUT2D eigenvalue weighted by atomic mass is 28.3. The van der Waals surface area contributed by atoms with Crippen molar-refractivity contribution in [1.82, 2.24) is 0 Å². The van der Waals surface area contributed by atoms with E-state index in [0.717, 1.165) is 33.2 Å². The van der Waals surface area contributed by atoms with E-state index in [-0.39, 0.29) is 5.82 Å². The number of halogens is 1. The second kappa shape index (κ2) is 7.14. The largest absolute Gasteiger partial charge is 0.455 e. The maximum absolute atomic E-state index is 14.3. The minimum atomic E-state index is -2.10. The summed E-state index contributed by atoms with van der Waals surface area (Å²) < 4.78 is 23.1. The molecular weight excluding hydrogens is 461 g/mol. The molecule has 176 valence electrons. The molecule has 0 aliphatic carbocycles. The van der Waals surface area contributed by atoms with Gasteiger partial charge in [-0.2, -0.15) is 0 Å². The summed E-state index contributed by atoms with van der Waals surface area (Å²) in [7, 11) is 0.0202. The number of hydrogen-bond donors (Lipinski definition) is 0. The Kier molecular flexibility index (Phi) is 4.27. The van der Waals surface area contributed by atoms with Crippen LogP contribution in [0.2, 0.25) is 13.1 Å². The van der Waals surface area contributed by atoms with E-state index < -0.39 is 8.07 Å². The van der Waals surface area contributed by atoms with Gasteiger partial charge in [-0.05, 0) is 82.2 Å². The molecule has 0 N–H and O–H groups in total. The molecule has 0 saturated carbocycles. The molecule has 4 aromatic carbocycles. The average Bonchev–Trinajstić information content (AvgIpc) is 3.33. The van der Waals surface area contributed by atoms with Gasteiger partial charge in [-0.25, -0.2) is 8.96 Å². The number of aryl methyl sites for hydroxylation is 2. The summed E-state index contributed by atoms with van der Waals surface area (Å²) >= 11 is 0. The van der Waals surface area contributed by atoms with Crippen LogP contribution in [0.1, 0.15) is 11.1 Å². The first-order chi connectivity index (χ1) is 17.3. The van der Waals surface area contributed by atoms with Crippen LogP contribution in [0.15, 0.2) is 77.3 Å². The number of pyridine rings is 1. The van der Waals surface area contributed by atoms with E-state index in [9.17, 15) is 4.39 Å². The average molecular weight is 489 g/mol. The number of benzene rings is 4. The van der Waals surface area contributed by atoms with Gasteiger partial charge in [0.1, 0.15) is 32.1 Å². The van der Waals surface area contributed by atoms with Crippen LogP contribution < -0.4 is 14.9 Å². The summed E-state index contributed by atoms with van der Waals surface area (Å²) in [6, 6.07) is 22.6. The molecule has 0 saturated heterocycles. The van der Waals surface area contributed by atoms with Crippen molar-refractivity contribution < 1.29 is 13.4 Å². The van der Waals surface area contributed by atoms with Crippen LogP contribution in [0.5, 0.6) is 0 Å². The molecule has 1 aliphatic rings. The second-order valence-corrected chi connectivity index (χ2v) is 15.0. The standard InChI is InChI=1S/C32H27FNOSi/c1-18-16-26-21-8-6-7-9-27(21)35-31(26)29(19(18)2)30-23-12-13-24-22-11-10-20(33)17-28(22)36(4,5)32(24)25(23)14-15-34(30)3/h6-17H,1-5H3/q+1. The van der Waals surface area contributed by atoms with Gasteiger partial charge in [0.05, 0.1) is 10.9 Å². The maximum atomic E-state index is 14.3. The smallest absolute Gasteiger partial charge is 0.224 e. The number of nitrogens with zero attached hydrogens (tertiary/aromatic N) is 1. The molecule has 1 aliphatic heterocycles. The summed E-state index contributed by atoms with van der Waals surface area (Å²) in [6.45, 7) is 9.07. The summed E-state index contributed by atoms with van der Waals surface area (Å²) in [5.41, 5.74) is 9.07. The third-order valence-corrected chi connectivity index (χ3v) is 11.9. The Balaban J connectivity index is 1.62. The van der Waals surface area contributed by atoms with Gasteiger partial charge in [0, 0.05) is 16.8 Å². The van der Waals surface area contributed by atoms with Crippen LogP contribution in [-0.2, 0) is 7.05 Å². The predicted molar refractivity (Wildman–Crippen MR) is 149 cm³/mol. The second-order valence-electron chi connectivity index (χ2n) is 10.7. The van der Waals surface area contributed by atoms with Crippen molar-refractivity contribution >= 4 is 51.2 Å². The van der Waals surface area contributed by atoms with Crippen molar-refractivity contribution in [3.05, 3.63) is 89.9 Å². The minimum Gasteiger partial charge on any atom is -0.455 e. The van der Waals surface area contributed by atoms with Gasteiger partial charge in [-0.3, -0.25) is 0 Å². The summed E-state index contributed by atoms with van der Waals surface area (Å²) in [4.78, 5) is 0. The molecular formula is C32H27FNOSi+. The van der Waals surface area contributed by atoms with E-state index in [1.165, 1.54) is 43.4 Å². The number of para-hydroxylation sites is 1. The van der Waals surface area contributed by atoms with Crippen LogP contribution in [0, 0.1) is 19.7 Å². The van der Waals surface area contributed by atoms with Crippen molar-refractivity contribution in [3.8, 4) is 22.4 Å². The molecule has 2 nitrogen and oxygen atoms in total. The van der Waals surface area contributed by atoms with Gasteiger partial charge < -0.3 is 4.42 Å². The minimum absolute atomic E-state index is 0.152. The van der Waals surface area contributed by atoms with Gasteiger partial charge in [0.2, 0.25) is 5.69 Å². The lowest BCUT2D eigenvalue weighted by atomic mass is 9.93. The highest BCUT2D eigenvalue weighted by Crippen LogP contribution is 2.41. The lowest BCUT2D eigenvalue weighted by molar-refractivity contribution is -0.659. The van der Waals surface area contributed by atoms with E-state index in [2.05, 4.69) is 81.2 Å². The van der Waals surface area contributed by atoms with Crippen molar-refractivity contribution in [3.63, 3.8) is 0 Å². The van der Waals surface area contributed by atoms with E-state index in [4.69, 9.17) is 4.42 Å². The van der Waals surface area contributed by atoms with Crippen LogP contribution in [-0.4, -0.2) is 8.07 Å². The summed E-state index contributed by atoms with van der Waals surface area (Å²) in [6.07, 6.45) is 2.17. The number of furan rings is 1. The van der Waals surface area contributed by atoms with Crippen LogP contribution in [0.3, 0.4) is 0 Å². The Bertz CT molecular complexity index is 1910. The Morgan fingerprint density at radius 3 is 2.42 bits per heavy atom. The zero-order valence-corrected chi connectivity index (χ0v) is 22.2. The van der Waals surface area contributed by atoms with Gasteiger partial charge in [0.15, 0.2) is 6.20 Å². The normalized spacial score (nSPS) is 14.1. The lowest BCUT2D eigenvalue weighted by Gasteiger charge is -2.21. The Morgan fingerprint density at radius 2 is 1.58 bits per heavy atom. The summed E-state index contributed by atoms with van der Waals surface area (Å²) in [5.74, 6) is -0.152. The highest BCUT2D eigenvalue weighted by molar-refractivity contribution is 7.05. The molecule has 0 fully saturated rings. The lowest BCUT2D eigenvalue weighted by Crippen LogP contribution is -2.50. The molecule has 2 aromatic heterocycles. The number of fused-ring (bicyclic) bond motifs is 8. The van der Waals surface area contributed by atoms with E-state index in [1.807, 2.05) is 18.2 Å². The molecule has 0 unspecified atom stereocenters. The molecule has 36 heavy (non-hydrogen) atoms. The monoisotopic (exact) mass is 488 g/mol. The van der Waals surface area contributed by atoms with Crippen molar-refractivity contribution in [2.45, 2.75) is 26.9 Å². The zero-order valence-electron chi connectivity index (χ0n) is 21.2. The first-order valence-corrected chi connectivity index (χ1v) is 15.5. The predicted octanol–water partition coefficient (Wildman–Crippen LogP) is 6.79. The van der Waals surface area contributed by atoms with Gasteiger partial charge in [-0.15, -0.1) is 0 Å². The molecule has 7 rings (SSSR count). The van der Waals surface area contributed by atoms with Gasteiger partial charge in [-0.1, -0.05) is 43.4 Å². The Hall–Kier alpha value is -3.76. The highest BCUT2D eigenvalue weighted by Gasteiger charge is 2.40. The van der Waals surface area contributed by atoms with Gasteiger partial charge >= 0.3 is 0 Å². The van der Waals surface area contributed by atoms with Crippen molar-refractivity contribution in [2.24, 2.45) is 7.05 Å². The number of aromatic nitrogens is 1. The van der Waals surface area contributed by atoms with Crippen molar-refractivity contribution in [1.29, 1.82) is 0 Å². The molecule has 0 bridgehead atoms. The molecule has 4 heteroatoms. The zero-order chi connectivity index (χ0) is 24.9. The molecule has 6 aromatic rings. The fourth-order valence-electron chi connectivity index (χ4n) is 6.43. The first-order valence-electron chi connectivity index (χ1n) is 12.5. The molecule has 0 amide bonds. The Morgan fingerprint density at radius 1 is 0.806 bits per heavy atom. The molecule has 0 atom stereocenters. The van der Waals surface area contributed by atoms with E-state index in [1.54, 1.807) is 12.1 Å². The fourth-order valence-corrected chi connectivity index (χ4v) is 9.88. The van der Waals surface area contributed by atoms with Crippen LogP contribution in [0.25, 0.3) is 55.1 Å². The molecule has 3 heterocycles. The Labute approximate surface area is 210 Å². The molecule has 0 spiro atoms. The van der Waals surface area contributed by atoms with Gasteiger partial charge in [0.25, 0.3) is 0 Å². The maximum Gasteiger partial charge on any atom is 0.224 e. The number of hydrogen-bond acceptors (Lipinski definition) is 1. The van der Waals surface area contributed by atoms with Crippen molar-refractivity contribution in [2.75, 3.05) is 0 Å². The number of rotatable bonds is 1. The third-order valence-electron chi connectivity index (χ3n) is 8.31. The SMILES string of the molecule is Cc1cc2c(oc3ccccc32)c(-c2c3ccc4c(c3cc[n+]2C)[Si](C)(C)c2cc(F)ccc2-4)c1C. The van der Waals surface area contributed by atoms with E-state index >= 15 is 0 Å². The van der Waals surface area contributed by atoms with E-state index in [0.29, 0.717) is 0 Å². The first kappa shape index (κ1) is 21.5. The van der Waals surface area contributed by atoms with Crippen LogP contribution in [0.4, 0.5) is 4.39 Å². The molecule has 0 radical (unpaired) electrons. The van der Waals surface area contributed by atoms with Crippen LogP contribution >= 0.6 is 0 Å². The fraction of sp³-hybridized carbons (Fsp3) is 0.156.